The Morgan fingerprint density at radius 2 is 1.85 bits per heavy atom. The molecular weight excluding hydrogens is 354 g/mol. The number of hydrogen-bond acceptors (Lipinski definition) is 4. The molecule has 0 saturated heterocycles. The number of rotatable bonds is 10. The molecular formula is C20H32ClNO4. The van der Waals surface area contributed by atoms with Gasteiger partial charge in [0.25, 0.3) is 5.91 Å². The van der Waals surface area contributed by atoms with Crippen LogP contribution in [0.1, 0.15) is 47.5 Å². The first kappa shape index (κ1) is 22.7. The summed E-state index contributed by atoms with van der Waals surface area (Å²) in [5, 5.41) is 3.32. The van der Waals surface area contributed by atoms with Crippen LogP contribution in [-0.4, -0.2) is 37.9 Å². The fourth-order valence-corrected chi connectivity index (χ4v) is 2.75. The molecule has 5 nitrogen and oxygen atoms in total. The van der Waals surface area contributed by atoms with Crippen molar-refractivity contribution in [1.29, 1.82) is 0 Å². The van der Waals surface area contributed by atoms with E-state index in [0.29, 0.717) is 35.4 Å². The first-order valence-electron chi connectivity index (χ1n) is 8.87. The van der Waals surface area contributed by atoms with Crippen molar-refractivity contribution in [2.45, 2.75) is 58.7 Å². The Kier molecular flexibility index (Phi) is 8.38. The third-order valence-corrected chi connectivity index (χ3v) is 4.73. The molecule has 1 aromatic carbocycles. The first-order chi connectivity index (χ1) is 12.0. The van der Waals surface area contributed by atoms with Crippen molar-refractivity contribution in [3.8, 4) is 5.75 Å². The second-order valence-electron chi connectivity index (χ2n) is 7.69. The summed E-state index contributed by atoms with van der Waals surface area (Å²) in [5.74, 6) is 0.718. The van der Waals surface area contributed by atoms with Gasteiger partial charge >= 0.3 is 0 Å². The van der Waals surface area contributed by atoms with E-state index in [1.165, 1.54) is 0 Å². The highest BCUT2D eigenvalue weighted by molar-refractivity contribution is 6.32. The second-order valence-corrected chi connectivity index (χ2v) is 8.10. The summed E-state index contributed by atoms with van der Waals surface area (Å²) >= 11 is 6.29. The van der Waals surface area contributed by atoms with E-state index in [1.807, 2.05) is 13.8 Å². The van der Waals surface area contributed by atoms with Gasteiger partial charge in [-0.15, -0.1) is 0 Å². The Labute approximate surface area is 162 Å². The quantitative estimate of drug-likeness (QED) is 0.620. The van der Waals surface area contributed by atoms with Crippen LogP contribution in [0.2, 0.25) is 5.02 Å². The zero-order valence-corrected chi connectivity index (χ0v) is 17.7. The smallest absolute Gasteiger partial charge is 0.256 e. The lowest BCUT2D eigenvalue weighted by Crippen LogP contribution is -2.43. The molecule has 1 amide bonds. The molecule has 1 aromatic rings. The van der Waals surface area contributed by atoms with Crippen LogP contribution in [0.4, 0.5) is 5.69 Å². The number of benzene rings is 1. The van der Waals surface area contributed by atoms with Crippen molar-refractivity contribution in [2.75, 3.05) is 26.1 Å². The fraction of sp³-hybridized carbons (Fsp3) is 0.650. The minimum absolute atomic E-state index is 0.194. The standard InChI is InChI=1S/C20H32ClNO4/c1-14(2)13-20(5,25-7)18(23)22-15-8-9-17(16(21)12-15)26-11-10-19(3,4)24-6/h8-9,12,14H,10-11,13H2,1-7H3,(H,22,23)/t20-/m0/s1. The van der Waals surface area contributed by atoms with Crippen LogP contribution in [-0.2, 0) is 14.3 Å². The molecule has 0 bridgehead atoms. The molecule has 148 valence electrons. The Bertz CT molecular complexity index is 603. The van der Waals surface area contributed by atoms with Crippen LogP contribution in [0.5, 0.6) is 5.75 Å². The van der Waals surface area contributed by atoms with Crippen LogP contribution in [0, 0.1) is 5.92 Å². The minimum Gasteiger partial charge on any atom is -0.492 e. The highest BCUT2D eigenvalue weighted by atomic mass is 35.5. The number of methoxy groups -OCH3 is 2. The predicted molar refractivity (Wildman–Crippen MR) is 106 cm³/mol. The zero-order chi connectivity index (χ0) is 20.0. The van der Waals surface area contributed by atoms with Crippen LogP contribution < -0.4 is 10.1 Å². The SMILES string of the molecule is COC(C)(C)CCOc1ccc(NC(=O)[C@](C)(CC(C)C)OC)cc1Cl. The number of amides is 1. The number of halogens is 1. The van der Waals surface area contributed by atoms with Gasteiger partial charge in [-0.1, -0.05) is 25.4 Å². The van der Waals surface area contributed by atoms with E-state index in [4.69, 9.17) is 25.8 Å². The molecule has 0 fully saturated rings. The molecule has 0 aromatic heterocycles. The van der Waals surface area contributed by atoms with Gasteiger partial charge in [0.2, 0.25) is 0 Å². The van der Waals surface area contributed by atoms with Crippen LogP contribution in [0.25, 0.3) is 0 Å². The number of ether oxygens (including phenoxy) is 3. The Hall–Kier alpha value is -1.30. The van der Waals surface area contributed by atoms with Gasteiger partial charge in [-0.25, -0.2) is 0 Å². The lowest BCUT2D eigenvalue weighted by molar-refractivity contribution is -0.137. The maximum absolute atomic E-state index is 12.6. The van der Waals surface area contributed by atoms with Gasteiger partial charge in [-0.05, 0) is 51.3 Å². The molecule has 0 spiro atoms. The highest BCUT2D eigenvalue weighted by Crippen LogP contribution is 2.29. The van der Waals surface area contributed by atoms with E-state index in [-0.39, 0.29) is 11.5 Å². The molecule has 1 atom stereocenters. The molecule has 26 heavy (non-hydrogen) atoms. The van der Waals surface area contributed by atoms with Gasteiger partial charge < -0.3 is 19.5 Å². The van der Waals surface area contributed by atoms with Crippen LogP contribution in [0.3, 0.4) is 0 Å². The van der Waals surface area contributed by atoms with E-state index in [2.05, 4.69) is 19.2 Å². The van der Waals surface area contributed by atoms with Crippen molar-refractivity contribution < 1.29 is 19.0 Å². The van der Waals surface area contributed by atoms with Gasteiger partial charge in [0.05, 0.1) is 17.2 Å². The normalized spacial score (nSPS) is 14.2. The fourth-order valence-electron chi connectivity index (χ4n) is 2.52. The summed E-state index contributed by atoms with van der Waals surface area (Å²) in [6.07, 6.45) is 1.36. The number of carbonyl (C=O) groups is 1. The highest BCUT2D eigenvalue weighted by Gasteiger charge is 2.34. The van der Waals surface area contributed by atoms with Gasteiger partial charge in [0, 0.05) is 26.3 Å². The van der Waals surface area contributed by atoms with Crippen LogP contribution in [0.15, 0.2) is 18.2 Å². The zero-order valence-electron chi connectivity index (χ0n) is 16.9. The topological polar surface area (TPSA) is 56.8 Å². The second kappa shape index (κ2) is 9.58. The van der Waals surface area contributed by atoms with E-state index in [1.54, 1.807) is 39.3 Å². The third-order valence-electron chi connectivity index (χ3n) is 4.43. The number of carbonyl (C=O) groups excluding carboxylic acids is 1. The molecule has 0 aliphatic heterocycles. The van der Waals surface area contributed by atoms with Gasteiger partial charge in [0.1, 0.15) is 11.4 Å². The molecule has 0 radical (unpaired) electrons. The number of anilines is 1. The summed E-state index contributed by atoms with van der Waals surface area (Å²) in [4.78, 5) is 12.6. The molecule has 0 heterocycles. The Morgan fingerprint density at radius 1 is 1.19 bits per heavy atom. The summed E-state index contributed by atoms with van der Waals surface area (Å²) < 4.78 is 16.5. The number of nitrogens with one attached hydrogen (secondary N) is 1. The Balaban J connectivity index is 2.73. The molecule has 0 aliphatic rings. The third kappa shape index (κ3) is 6.78. The summed E-state index contributed by atoms with van der Waals surface area (Å²) in [6, 6.07) is 5.21. The van der Waals surface area contributed by atoms with Gasteiger partial charge in [-0.3, -0.25) is 4.79 Å². The lowest BCUT2D eigenvalue weighted by atomic mass is 9.93. The monoisotopic (exact) mass is 385 g/mol. The van der Waals surface area contributed by atoms with E-state index < -0.39 is 5.60 Å². The minimum atomic E-state index is -0.887. The summed E-state index contributed by atoms with van der Waals surface area (Å²) in [6.45, 7) is 10.4. The van der Waals surface area contributed by atoms with E-state index in [0.717, 1.165) is 6.42 Å². The van der Waals surface area contributed by atoms with Crippen molar-refractivity contribution in [3.63, 3.8) is 0 Å². The largest absolute Gasteiger partial charge is 0.492 e. The molecule has 1 rings (SSSR count). The maximum Gasteiger partial charge on any atom is 0.256 e. The average Bonchev–Trinajstić information content (AvgIpc) is 2.56. The summed E-state index contributed by atoms with van der Waals surface area (Å²) in [7, 11) is 3.23. The van der Waals surface area contributed by atoms with Crippen molar-refractivity contribution in [2.24, 2.45) is 5.92 Å². The molecule has 0 saturated carbocycles. The van der Waals surface area contributed by atoms with Crippen molar-refractivity contribution in [1.82, 2.24) is 0 Å². The molecule has 0 unspecified atom stereocenters. The Morgan fingerprint density at radius 3 is 2.35 bits per heavy atom. The van der Waals surface area contributed by atoms with E-state index >= 15 is 0 Å². The van der Waals surface area contributed by atoms with Crippen molar-refractivity contribution in [3.05, 3.63) is 23.2 Å². The van der Waals surface area contributed by atoms with Crippen molar-refractivity contribution >= 4 is 23.2 Å². The van der Waals surface area contributed by atoms with Gasteiger partial charge in [-0.2, -0.15) is 0 Å². The molecule has 1 N–H and O–H groups in total. The molecule has 0 aliphatic carbocycles. The van der Waals surface area contributed by atoms with E-state index in [9.17, 15) is 4.79 Å². The maximum atomic E-state index is 12.6. The summed E-state index contributed by atoms with van der Waals surface area (Å²) in [5.41, 5.74) is -0.528. The molecule has 6 heteroatoms. The predicted octanol–water partition coefficient (Wildman–Crippen LogP) is 4.92. The number of hydrogen-bond donors (Lipinski definition) is 1. The first-order valence-corrected chi connectivity index (χ1v) is 9.25. The average molecular weight is 386 g/mol. The lowest BCUT2D eigenvalue weighted by Gasteiger charge is -2.28. The van der Waals surface area contributed by atoms with Gasteiger partial charge in [0.15, 0.2) is 0 Å². The van der Waals surface area contributed by atoms with Crippen LogP contribution >= 0.6 is 11.6 Å².